The first-order valence-electron chi connectivity index (χ1n) is 6.89. The second kappa shape index (κ2) is 8.41. The van der Waals surface area contributed by atoms with Crippen LogP contribution in [0.2, 0.25) is 0 Å². The number of hydrogen-bond donors (Lipinski definition) is 2. The van der Waals surface area contributed by atoms with E-state index >= 15 is 0 Å². The molecule has 1 unspecified atom stereocenters. The van der Waals surface area contributed by atoms with Crippen molar-refractivity contribution in [3.05, 3.63) is 11.6 Å². The Morgan fingerprint density at radius 2 is 2.14 bits per heavy atom. The van der Waals surface area contributed by atoms with Gasteiger partial charge in [0.2, 0.25) is 5.91 Å². The Hall–Kier alpha value is -1.89. The molecule has 0 saturated carbocycles. The third-order valence-electron chi connectivity index (χ3n) is 3.22. The average molecular weight is 298 g/mol. The van der Waals surface area contributed by atoms with Crippen LogP contribution in [0.15, 0.2) is 11.6 Å². The molecule has 1 aliphatic heterocycles. The van der Waals surface area contributed by atoms with E-state index in [9.17, 15) is 14.4 Å². The van der Waals surface area contributed by atoms with Crippen LogP contribution >= 0.6 is 0 Å². The molecule has 1 atom stereocenters. The standard InChI is InChI=1S/C14H22N2O5/c1-10(8-13(18)19)7-12(17)15-14(20)16-5-3-11(4-6-16)9-21-2/h3,10H,4-9H2,1-2H3,(H,18,19)(H,15,17,20). The van der Waals surface area contributed by atoms with E-state index in [-0.39, 0.29) is 18.8 Å². The van der Waals surface area contributed by atoms with Crippen molar-refractivity contribution in [3.8, 4) is 0 Å². The van der Waals surface area contributed by atoms with Gasteiger partial charge in [-0.1, -0.05) is 13.0 Å². The van der Waals surface area contributed by atoms with Crippen LogP contribution in [0.1, 0.15) is 26.2 Å². The monoisotopic (exact) mass is 298 g/mol. The lowest BCUT2D eigenvalue weighted by molar-refractivity contribution is -0.138. The van der Waals surface area contributed by atoms with E-state index < -0.39 is 17.9 Å². The number of carbonyl (C=O) groups excluding carboxylic acids is 2. The van der Waals surface area contributed by atoms with Crippen LogP contribution in [0.4, 0.5) is 4.79 Å². The maximum absolute atomic E-state index is 11.9. The SMILES string of the molecule is COCC1=CCN(C(=O)NC(=O)CC(C)CC(=O)O)CC1. The minimum atomic E-state index is -0.950. The molecule has 0 aromatic rings. The molecule has 0 radical (unpaired) electrons. The van der Waals surface area contributed by atoms with Crippen molar-refractivity contribution < 1.29 is 24.2 Å². The quantitative estimate of drug-likeness (QED) is 0.713. The molecule has 118 valence electrons. The lowest BCUT2D eigenvalue weighted by Gasteiger charge is -2.26. The highest BCUT2D eigenvalue weighted by Crippen LogP contribution is 2.11. The fourth-order valence-electron chi connectivity index (χ4n) is 2.15. The van der Waals surface area contributed by atoms with Crippen LogP contribution in [0, 0.1) is 5.92 Å². The lowest BCUT2D eigenvalue weighted by atomic mass is 10.0. The van der Waals surface area contributed by atoms with Gasteiger partial charge in [0.25, 0.3) is 0 Å². The van der Waals surface area contributed by atoms with E-state index in [1.165, 1.54) is 0 Å². The maximum Gasteiger partial charge on any atom is 0.324 e. The van der Waals surface area contributed by atoms with Gasteiger partial charge in [0.05, 0.1) is 6.61 Å². The van der Waals surface area contributed by atoms with Crippen molar-refractivity contribution in [2.45, 2.75) is 26.2 Å². The molecular formula is C14H22N2O5. The summed E-state index contributed by atoms with van der Waals surface area (Å²) in [6, 6.07) is -0.435. The highest BCUT2D eigenvalue weighted by atomic mass is 16.5. The van der Waals surface area contributed by atoms with Gasteiger partial charge in [-0.2, -0.15) is 0 Å². The van der Waals surface area contributed by atoms with Crippen molar-refractivity contribution in [2.75, 3.05) is 26.8 Å². The van der Waals surface area contributed by atoms with Crippen LogP contribution in [0.25, 0.3) is 0 Å². The summed E-state index contributed by atoms with van der Waals surface area (Å²) in [4.78, 5) is 35.6. The number of amides is 3. The summed E-state index contributed by atoms with van der Waals surface area (Å²) in [7, 11) is 1.62. The van der Waals surface area contributed by atoms with E-state index in [1.54, 1.807) is 18.9 Å². The Balaban J connectivity index is 2.37. The summed E-state index contributed by atoms with van der Waals surface area (Å²) in [6.07, 6.45) is 2.58. The fourth-order valence-corrected chi connectivity index (χ4v) is 2.15. The van der Waals surface area contributed by atoms with Gasteiger partial charge >= 0.3 is 12.0 Å². The third-order valence-corrected chi connectivity index (χ3v) is 3.22. The Bertz CT molecular complexity index is 433. The molecule has 7 nitrogen and oxygen atoms in total. The van der Waals surface area contributed by atoms with Crippen LogP contribution in [-0.2, 0) is 14.3 Å². The number of methoxy groups -OCH3 is 1. The molecule has 0 bridgehead atoms. The zero-order chi connectivity index (χ0) is 15.8. The average Bonchev–Trinajstić information content (AvgIpc) is 2.38. The number of ether oxygens (including phenoxy) is 1. The zero-order valence-corrected chi connectivity index (χ0v) is 12.4. The number of urea groups is 1. The van der Waals surface area contributed by atoms with E-state index in [2.05, 4.69) is 5.32 Å². The normalized spacial score (nSPS) is 16.1. The van der Waals surface area contributed by atoms with Crippen LogP contribution in [-0.4, -0.2) is 54.7 Å². The predicted molar refractivity (Wildman–Crippen MR) is 75.7 cm³/mol. The molecule has 21 heavy (non-hydrogen) atoms. The first-order valence-corrected chi connectivity index (χ1v) is 6.89. The maximum atomic E-state index is 11.9. The number of hydrogen-bond acceptors (Lipinski definition) is 4. The number of nitrogens with one attached hydrogen (secondary N) is 1. The smallest absolute Gasteiger partial charge is 0.324 e. The molecule has 0 aromatic heterocycles. The molecule has 1 aliphatic rings. The zero-order valence-electron chi connectivity index (χ0n) is 12.4. The van der Waals surface area contributed by atoms with Crippen molar-refractivity contribution in [1.29, 1.82) is 0 Å². The fraction of sp³-hybridized carbons (Fsp3) is 0.643. The Kier molecular flexibility index (Phi) is 6.87. The summed E-state index contributed by atoms with van der Waals surface area (Å²) >= 11 is 0. The number of nitrogens with zero attached hydrogens (tertiary/aromatic N) is 1. The summed E-state index contributed by atoms with van der Waals surface area (Å²) < 4.78 is 5.03. The molecule has 0 aromatic carbocycles. The van der Waals surface area contributed by atoms with Crippen molar-refractivity contribution in [1.82, 2.24) is 10.2 Å². The van der Waals surface area contributed by atoms with E-state index in [1.807, 2.05) is 6.08 Å². The molecule has 1 heterocycles. The van der Waals surface area contributed by atoms with E-state index in [4.69, 9.17) is 9.84 Å². The minimum absolute atomic E-state index is 0.0244. The summed E-state index contributed by atoms with van der Waals surface area (Å²) in [6.45, 7) is 3.21. The molecule has 1 rings (SSSR count). The first kappa shape index (κ1) is 17.2. The molecule has 0 aliphatic carbocycles. The largest absolute Gasteiger partial charge is 0.481 e. The first-order chi connectivity index (χ1) is 9.92. The highest BCUT2D eigenvalue weighted by molar-refractivity contribution is 5.94. The molecule has 7 heteroatoms. The Morgan fingerprint density at radius 3 is 2.67 bits per heavy atom. The van der Waals surface area contributed by atoms with Crippen molar-refractivity contribution in [3.63, 3.8) is 0 Å². The van der Waals surface area contributed by atoms with Gasteiger partial charge in [0.15, 0.2) is 0 Å². The number of carbonyl (C=O) groups is 3. The molecule has 0 fully saturated rings. The number of imide groups is 1. The minimum Gasteiger partial charge on any atom is -0.481 e. The summed E-state index contributed by atoms with van der Waals surface area (Å²) in [5.74, 6) is -1.70. The second-order valence-electron chi connectivity index (χ2n) is 5.25. The van der Waals surface area contributed by atoms with Gasteiger partial charge in [0, 0.05) is 33.0 Å². The number of aliphatic carboxylic acids is 1. The Morgan fingerprint density at radius 1 is 1.43 bits per heavy atom. The van der Waals surface area contributed by atoms with Gasteiger partial charge in [0.1, 0.15) is 0 Å². The predicted octanol–water partition coefficient (Wildman–Crippen LogP) is 1.00. The van der Waals surface area contributed by atoms with Crippen LogP contribution in [0.3, 0.4) is 0 Å². The third kappa shape index (κ3) is 6.40. The molecule has 2 N–H and O–H groups in total. The molecule has 0 spiro atoms. The van der Waals surface area contributed by atoms with E-state index in [0.29, 0.717) is 19.7 Å². The van der Waals surface area contributed by atoms with E-state index in [0.717, 1.165) is 12.0 Å². The van der Waals surface area contributed by atoms with Crippen molar-refractivity contribution in [2.24, 2.45) is 5.92 Å². The second-order valence-corrected chi connectivity index (χ2v) is 5.25. The molecule has 3 amide bonds. The van der Waals surface area contributed by atoms with Gasteiger partial charge < -0.3 is 14.7 Å². The summed E-state index contributed by atoms with van der Waals surface area (Å²) in [5.41, 5.74) is 1.14. The summed E-state index contributed by atoms with van der Waals surface area (Å²) in [5, 5.41) is 10.9. The van der Waals surface area contributed by atoms with Crippen molar-refractivity contribution >= 4 is 17.9 Å². The van der Waals surface area contributed by atoms with Gasteiger partial charge in [-0.3, -0.25) is 14.9 Å². The molecule has 0 saturated heterocycles. The number of carboxylic acid groups (broad SMARTS) is 1. The van der Waals surface area contributed by atoms with Gasteiger partial charge in [-0.25, -0.2) is 4.79 Å². The number of rotatable bonds is 6. The number of carboxylic acids is 1. The highest BCUT2D eigenvalue weighted by Gasteiger charge is 2.20. The lowest BCUT2D eigenvalue weighted by Crippen LogP contribution is -2.45. The van der Waals surface area contributed by atoms with Gasteiger partial charge in [-0.15, -0.1) is 0 Å². The van der Waals surface area contributed by atoms with Gasteiger partial charge in [-0.05, 0) is 17.9 Å². The van der Waals surface area contributed by atoms with Crippen LogP contribution in [0.5, 0.6) is 0 Å². The van der Waals surface area contributed by atoms with Crippen LogP contribution < -0.4 is 5.32 Å². The topological polar surface area (TPSA) is 95.9 Å². The molecular weight excluding hydrogens is 276 g/mol. The Labute approximate surface area is 123 Å².